The first kappa shape index (κ1) is 30.4. The fourth-order valence-corrected chi connectivity index (χ4v) is 5.95. The van der Waals surface area contributed by atoms with Gasteiger partial charge in [0, 0.05) is 25.8 Å². The third-order valence-corrected chi connectivity index (χ3v) is 8.10. The van der Waals surface area contributed by atoms with Crippen LogP contribution >= 0.6 is 0 Å². The Morgan fingerprint density at radius 2 is 1.78 bits per heavy atom. The normalized spacial score (nSPS) is 16.0. The Hall–Kier alpha value is -4.60. The Morgan fingerprint density at radius 1 is 1.07 bits per heavy atom. The summed E-state index contributed by atoms with van der Waals surface area (Å²) in [5, 5.41) is 7.68. The second kappa shape index (κ2) is 11.1. The highest BCUT2D eigenvalue weighted by Gasteiger charge is 2.34. The molecule has 2 aliphatic heterocycles. The number of aromatic nitrogens is 1. The van der Waals surface area contributed by atoms with E-state index in [2.05, 4.69) is 31.4 Å². The first-order valence-corrected chi connectivity index (χ1v) is 15.3. The van der Waals surface area contributed by atoms with Gasteiger partial charge in [-0.2, -0.15) is 0 Å². The lowest BCUT2D eigenvalue weighted by Gasteiger charge is -2.29. The maximum absolute atomic E-state index is 16.2. The number of hydrogen-bond donors (Lipinski definition) is 2. The predicted molar refractivity (Wildman–Crippen MR) is 173 cm³/mol. The molecule has 0 radical (unpaired) electrons. The van der Waals surface area contributed by atoms with Crippen molar-refractivity contribution < 1.29 is 23.5 Å². The van der Waals surface area contributed by atoms with Crippen molar-refractivity contribution in [2.24, 2.45) is 5.41 Å². The van der Waals surface area contributed by atoms with E-state index in [4.69, 9.17) is 9.47 Å². The molecule has 3 aromatic carbocycles. The molecule has 4 aromatic rings. The second-order valence-corrected chi connectivity index (χ2v) is 14.1. The number of carbonyl (C=O) groups excluding carboxylic acids is 2. The van der Waals surface area contributed by atoms with Crippen molar-refractivity contribution >= 4 is 39.4 Å². The summed E-state index contributed by atoms with van der Waals surface area (Å²) in [6.07, 6.45) is 2.30. The van der Waals surface area contributed by atoms with Crippen molar-refractivity contribution in [1.82, 2.24) is 15.2 Å². The number of nitrogens with one attached hydrogen (secondary N) is 2. The number of carbonyl (C=O) groups is 2. The maximum atomic E-state index is 16.2. The minimum atomic E-state index is -0.645. The smallest absolute Gasteiger partial charge is 0.407 e. The zero-order chi connectivity index (χ0) is 32.3. The summed E-state index contributed by atoms with van der Waals surface area (Å²) in [7, 11) is 0. The number of halogens is 1. The van der Waals surface area contributed by atoms with E-state index in [9.17, 15) is 14.4 Å². The molecule has 10 heteroatoms. The standard InChI is InChI=1S/C35H39FN4O5/c1-34(2,3)12-13-37-32(42)24-19-40-26-15-20-9-7-8-10-21(20)16-27(26)44-31-28(40)23(30(24)41)17-25(36)29(31)39-14-11-22(18-39)38-33(43)45-35(4,5)6/h7-10,15-17,19,22H,11-14,18H2,1-6H3,(H,37,42)(H,38,43). The molecule has 0 spiro atoms. The van der Waals surface area contributed by atoms with Gasteiger partial charge < -0.3 is 29.6 Å². The molecule has 6 rings (SSSR count). The summed E-state index contributed by atoms with van der Waals surface area (Å²) >= 11 is 0. The van der Waals surface area contributed by atoms with Crippen LogP contribution in [0.3, 0.4) is 0 Å². The van der Waals surface area contributed by atoms with Crippen LogP contribution in [-0.4, -0.2) is 47.8 Å². The maximum Gasteiger partial charge on any atom is 0.407 e. The van der Waals surface area contributed by atoms with E-state index in [-0.39, 0.29) is 33.8 Å². The molecule has 0 bridgehead atoms. The molecule has 1 aromatic heterocycles. The van der Waals surface area contributed by atoms with Crippen LogP contribution in [-0.2, 0) is 4.74 Å². The van der Waals surface area contributed by atoms with Crippen LogP contribution in [0.2, 0.25) is 0 Å². The minimum Gasteiger partial charge on any atom is -0.451 e. The van der Waals surface area contributed by atoms with Crippen molar-refractivity contribution in [3.8, 4) is 17.2 Å². The number of anilines is 1. The molecule has 2 amide bonds. The first-order chi connectivity index (χ1) is 21.2. The molecule has 236 valence electrons. The van der Waals surface area contributed by atoms with E-state index >= 15 is 4.39 Å². The third-order valence-electron chi connectivity index (χ3n) is 8.10. The summed E-state index contributed by atoms with van der Waals surface area (Å²) in [5.41, 5.74) is -0.0644. The largest absolute Gasteiger partial charge is 0.451 e. The number of alkyl carbamates (subject to hydrolysis) is 1. The molecule has 3 heterocycles. The Bertz CT molecular complexity index is 1900. The van der Waals surface area contributed by atoms with Gasteiger partial charge in [0.2, 0.25) is 5.43 Å². The monoisotopic (exact) mass is 614 g/mol. The van der Waals surface area contributed by atoms with Crippen LogP contribution in [0.15, 0.2) is 53.5 Å². The first-order valence-electron chi connectivity index (χ1n) is 15.3. The van der Waals surface area contributed by atoms with Crippen LogP contribution < -0.4 is 25.7 Å². The zero-order valence-electron chi connectivity index (χ0n) is 26.5. The van der Waals surface area contributed by atoms with Gasteiger partial charge in [-0.25, -0.2) is 9.18 Å². The molecule has 1 saturated heterocycles. The van der Waals surface area contributed by atoms with Crippen molar-refractivity contribution in [2.45, 2.75) is 66.0 Å². The average Bonchev–Trinajstić information content (AvgIpc) is 3.38. The van der Waals surface area contributed by atoms with E-state index in [1.54, 1.807) is 25.3 Å². The van der Waals surface area contributed by atoms with E-state index in [0.29, 0.717) is 43.0 Å². The topological polar surface area (TPSA) is 102 Å². The molecular weight excluding hydrogens is 575 g/mol. The molecule has 45 heavy (non-hydrogen) atoms. The SMILES string of the molecule is CC(C)(C)CCNC(=O)c1cn2c3c(c(N4CCC(NC(=O)OC(C)(C)C)C4)c(F)cc3c1=O)Oc1cc3ccccc3cc1-2. The molecule has 1 unspecified atom stereocenters. The summed E-state index contributed by atoms with van der Waals surface area (Å²) in [4.78, 5) is 41.4. The minimum absolute atomic E-state index is 0.000470. The molecule has 0 aliphatic carbocycles. The van der Waals surface area contributed by atoms with E-state index in [1.807, 2.05) is 41.3 Å². The lowest BCUT2D eigenvalue weighted by molar-refractivity contribution is 0.0508. The van der Waals surface area contributed by atoms with Crippen molar-refractivity contribution in [3.05, 3.63) is 70.3 Å². The number of pyridine rings is 1. The van der Waals surface area contributed by atoms with E-state index in [1.165, 1.54) is 12.3 Å². The predicted octanol–water partition coefficient (Wildman–Crippen LogP) is 6.66. The Labute approximate surface area is 261 Å². The Morgan fingerprint density at radius 3 is 2.47 bits per heavy atom. The molecule has 1 fully saturated rings. The van der Waals surface area contributed by atoms with E-state index < -0.39 is 28.8 Å². The summed E-state index contributed by atoms with van der Waals surface area (Å²) in [5.74, 6) is -0.485. The van der Waals surface area contributed by atoms with Gasteiger partial charge >= 0.3 is 6.09 Å². The molecule has 2 aliphatic rings. The number of fused-ring (bicyclic) bond motifs is 3. The fraction of sp³-hybridized carbons (Fsp3) is 0.400. The Balaban J connectivity index is 1.45. The zero-order valence-corrected chi connectivity index (χ0v) is 26.5. The highest BCUT2D eigenvalue weighted by Crippen LogP contribution is 2.48. The number of amides is 2. The van der Waals surface area contributed by atoms with Crippen molar-refractivity contribution in [2.75, 3.05) is 24.5 Å². The number of nitrogens with zero attached hydrogens (tertiary/aromatic N) is 2. The quantitative estimate of drug-likeness (QED) is 0.230. The molecule has 0 saturated carbocycles. The van der Waals surface area contributed by atoms with Crippen LogP contribution in [0.5, 0.6) is 11.5 Å². The van der Waals surface area contributed by atoms with Gasteiger partial charge in [0.15, 0.2) is 17.3 Å². The molecule has 2 N–H and O–H groups in total. The second-order valence-electron chi connectivity index (χ2n) is 14.1. The fourth-order valence-electron chi connectivity index (χ4n) is 5.95. The van der Waals surface area contributed by atoms with Crippen molar-refractivity contribution in [1.29, 1.82) is 0 Å². The lowest BCUT2D eigenvalue weighted by atomic mass is 9.92. The summed E-state index contributed by atoms with van der Waals surface area (Å²) < 4.78 is 29.8. The van der Waals surface area contributed by atoms with Gasteiger partial charge in [-0.15, -0.1) is 0 Å². The number of rotatable bonds is 5. The molecule has 9 nitrogen and oxygen atoms in total. The average molecular weight is 615 g/mol. The Kier molecular flexibility index (Phi) is 7.49. The number of ether oxygens (including phenoxy) is 2. The van der Waals surface area contributed by atoms with Crippen LogP contribution in [0.1, 0.15) is 64.7 Å². The summed E-state index contributed by atoms with van der Waals surface area (Å²) in [6.45, 7) is 12.8. The van der Waals surface area contributed by atoms with Gasteiger partial charge in [0.1, 0.15) is 22.4 Å². The molecular formula is C35H39FN4O5. The lowest BCUT2D eigenvalue weighted by Crippen LogP contribution is -2.40. The van der Waals surface area contributed by atoms with Gasteiger partial charge in [-0.3, -0.25) is 9.59 Å². The summed E-state index contributed by atoms with van der Waals surface area (Å²) in [6, 6.07) is 12.5. The number of hydrogen-bond acceptors (Lipinski definition) is 6. The highest BCUT2D eigenvalue weighted by atomic mass is 19.1. The van der Waals surface area contributed by atoms with Crippen LogP contribution in [0.4, 0.5) is 14.9 Å². The number of benzene rings is 3. The van der Waals surface area contributed by atoms with Gasteiger partial charge in [-0.1, -0.05) is 45.0 Å². The van der Waals surface area contributed by atoms with Crippen LogP contribution in [0.25, 0.3) is 27.4 Å². The van der Waals surface area contributed by atoms with Gasteiger partial charge in [0.25, 0.3) is 5.91 Å². The van der Waals surface area contributed by atoms with E-state index in [0.717, 1.165) is 17.2 Å². The van der Waals surface area contributed by atoms with Crippen molar-refractivity contribution in [3.63, 3.8) is 0 Å². The van der Waals surface area contributed by atoms with Crippen LogP contribution in [0, 0.1) is 11.2 Å². The molecule has 1 atom stereocenters. The third kappa shape index (κ3) is 6.06. The van der Waals surface area contributed by atoms with Gasteiger partial charge in [-0.05, 0) is 68.0 Å². The van der Waals surface area contributed by atoms with Gasteiger partial charge in [0.05, 0.1) is 17.1 Å². The highest BCUT2D eigenvalue weighted by molar-refractivity contribution is 6.02.